The van der Waals surface area contributed by atoms with Crippen molar-refractivity contribution in [3.63, 3.8) is 0 Å². The molecular formula is C22H27N3O2. The second-order valence-electron chi connectivity index (χ2n) is 7.19. The summed E-state index contributed by atoms with van der Waals surface area (Å²) in [6.07, 6.45) is 0.353. The lowest BCUT2D eigenvalue weighted by molar-refractivity contribution is -0.134. The molecule has 27 heavy (non-hydrogen) atoms. The van der Waals surface area contributed by atoms with Gasteiger partial charge in [0.1, 0.15) is 0 Å². The zero-order valence-electron chi connectivity index (χ0n) is 16.0. The van der Waals surface area contributed by atoms with Gasteiger partial charge in [0.25, 0.3) is 0 Å². The van der Waals surface area contributed by atoms with E-state index in [4.69, 9.17) is 0 Å². The molecule has 2 amide bonds. The first-order valence-corrected chi connectivity index (χ1v) is 9.51. The van der Waals surface area contributed by atoms with E-state index in [-0.39, 0.29) is 17.7 Å². The van der Waals surface area contributed by atoms with Gasteiger partial charge >= 0.3 is 0 Å². The third-order valence-electron chi connectivity index (χ3n) is 4.81. The molecule has 1 N–H and O–H groups in total. The highest BCUT2D eigenvalue weighted by atomic mass is 16.2. The Morgan fingerprint density at radius 2 is 1.56 bits per heavy atom. The number of piperazine rings is 1. The molecule has 142 valence electrons. The second kappa shape index (κ2) is 8.71. The fraction of sp³-hybridized carbons (Fsp3) is 0.364. The van der Waals surface area contributed by atoms with Gasteiger partial charge in [-0.2, -0.15) is 0 Å². The first kappa shape index (κ1) is 19.0. The van der Waals surface area contributed by atoms with Gasteiger partial charge in [0, 0.05) is 32.1 Å². The van der Waals surface area contributed by atoms with Gasteiger partial charge < -0.3 is 15.1 Å². The largest absolute Gasteiger partial charge is 0.366 e. The van der Waals surface area contributed by atoms with Crippen LogP contribution in [-0.4, -0.2) is 42.9 Å². The third kappa shape index (κ3) is 4.88. The van der Waals surface area contributed by atoms with Crippen LogP contribution in [0.15, 0.2) is 54.6 Å². The average molecular weight is 365 g/mol. The van der Waals surface area contributed by atoms with Gasteiger partial charge in [-0.25, -0.2) is 0 Å². The molecule has 0 aromatic heterocycles. The smallest absolute Gasteiger partial charge is 0.228 e. The monoisotopic (exact) mass is 365 g/mol. The maximum Gasteiger partial charge on any atom is 0.228 e. The molecule has 0 spiro atoms. The van der Waals surface area contributed by atoms with Gasteiger partial charge in [0.15, 0.2) is 0 Å². The van der Waals surface area contributed by atoms with Crippen LogP contribution < -0.4 is 10.2 Å². The summed E-state index contributed by atoms with van der Waals surface area (Å²) < 4.78 is 0. The van der Waals surface area contributed by atoms with Crippen molar-refractivity contribution in [2.24, 2.45) is 5.92 Å². The molecule has 2 aromatic rings. The molecule has 1 aliphatic heterocycles. The van der Waals surface area contributed by atoms with E-state index < -0.39 is 0 Å². The molecule has 0 aliphatic carbocycles. The molecule has 1 fully saturated rings. The molecule has 0 saturated carbocycles. The Balaban J connectivity index is 1.64. The van der Waals surface area contributed by atoms with E-state index in [2.05, 4.69) is 10.2 Å². The van der Waals surface area contributed by atoms with Crippen LogP contribution in [0.5, 0.6) is 0 Å². The van der Waals surface area contributed by atoms with Crippen LogP contribution >= 0.6 is 0 Å². The van der Waals surface area contributed by atoms with E-state index in [1.807, 2.05) is 73.3 Å². The minimum Gasteiger partial charge on any atom is -0.366 e. The molecule has 1 heterocycles. The molecule has 1 saturated heterocycles. The molecular weight excluding hydrogens is 338 g/mol. The van der Waals surface area contributed by atoms with Gasteiger partial charge in [-0.1, -0.05) is 56.3 Å². The van der Waals surface area contributed by atoms with Crippen LogP contribution in [0.1, 0.15) is 19.4 Å². The SMILES string of the molecule is CC(C)C(=O)N1CCN(c2ccccc2NC(=O)Cc2ccccc2)CC1. The van der Waals surface area contributed by atoms with E-state index in [9.17, 15) is 9.59 Å². The number of anilines is 2. The van der Waals surface area contributed by atoms with E-state index in [1.165, 1.54) is 0 Å². The number of benzene rings is 2. The van der Waals surface area contributed by atoms with Crippen molar-refractivity contribution >= 4 is 23.2 Å². The zero-order chi connectivity index (χ0) is 19.2. The van der Waals surface area contributed by atoms with Crippen LogP contribution in [0.25, 0.3) is 0 Å². The fourth-order valence-corrected chi connectivity index (χ4v) is 3.36. The Hall–Kier alpha value is -2.82. The first-order chi connectivity index (χ1) is 13.0. The molecule has 0 bridgehead atoms. The van der Waals surface area contributed by atoms with E-state index in [0.29, 0.717) is 19.5 Å². The van der Waals surface area contributed by atoms with Gasteiger partial charge in [-0.3, -0.25) is 9.59 Å². The van der Waals surface area contributed by atoms with Crippen molar-refractivity contribution in [3.8, 4) is 0 Å². The number of para-hydroxylation sites is 2. The van der Waals surface area contributed by atoms with Gasteiger partial charge in [0.2, 0.25) is 11.8 Å². The molecule has 0 unspecified atom stereocenters. The van der Waals surface area contributed by atoms with Crippen LogP contribution in [0.2, 0.25) is 0 Å². The number of carbonyl (C=O) groups excluding carboxylic acids is 2. The third-order valence-corrected chi connectivity index (χ3v) is 4.81. The van der Waals surface area contributed by atoms with Crippen molar-refractivity contribution in [2.45, 2.75) is 20.3 Å². The lowest BCUT2D eigenvalue weighted by Crippen LogP contribution is -2.50. The number of hydrogen-bond acceptors (Lipinski definition) is 3. The first-order valence-electron chi connectivity index (χ1n) is 9.51. The molecule has 5 heteroatoms. The van der Waals surface area contributed by atoms with Gasteiger partial charge in [-0.05, 0) is 17.7 Å². The maximum atomic E-state index is 12.5. The average Bonchev–Trinajstić information content (AvgIpc) is 2.68. The highest BCUT2D eigenvalue weighted by Crippen LogP contribution is 2.27. The van der Waals surface area contributed by atoms with Crippen molar-refractivity contribution in [2.75, 3.05) is 36.4 Å². The number of hydrogen-bond donors (Lipinski definition) is 1. The summed E-state index contributed by atoms with van der Waals surface area (Å²) in [5.74, 6) is 0.211. The summed E-state index contributed by atoms with van der Waals surface area (Å²) in [5, 5.41) is 3.05. The normalized spacial score (nSPS) is 14.3. The maximum absolute atomic E-state index is 12.5. The highest BCUT2D eigenvalue weighted by Gasteiger charge is 2.24. The van der Waals surface area contributed by atoms with Crippen LogP contribution in [0.4, 0.5) is 11.4 Å². The minimum atomic E-state index is -0.0257. The Morgan fingerprint density at radius 3 is 2.22 bits per heavy atom. The van der Waals surface area contributed by atoms with E-state index in [0.717, 1.165) is 30.0 Å². The number of carbonyl (C=O) groups is 2. The summed E-state index contributed by atoms with van der Waals surface area (Å²) in [6.45, 7) is 6.83. The molecule has 1 aliphatic rings. The van der Waals surface area contributed by atoms with E-state index >= 15 is 0 Å². The predicted molar refractivity (Wildman–Crippen MR) is 109 cm³/mol. The lowest BCUT2D eigenvalue weighted by atomic mass is 10.1. The van der Waals surface area contributed by atoms with E-state index in [1.54, 1.807) is 0 Å². The Labute approximate surface area is 161 Å². The summed E-state index contributed by atoms with van der Waals surface area (Å²) in [5.41, 5.74) is 2.82. The van der Waals surface area contributed by atoms with Gasteiger partial charge in [-0.15, -0.1) is 0 Å². The molecule has 0 radical (unpaired) electrons. The van der Waals surface area contributed by atoms with Crippen molar-refractivity contribution in [1.29, 1.82) is 0 Å². The second-order valence-corrected chi connectivity index (χ2v) is 7.19. The van der Waals surface area contributed by atoms with Crippen LogP contribution in [0, 0.1) is 5.92 Å². The predicted octanol–water partition coefficient (Wildman–Crippen LogP) is 3.17. The minimum absolute atomic E-state index is 0.0257. The van der Waals surface area contributed by atoms with Crippen LogP contribution in [0.3, 0.4) is 0 Å². The summed E-state index contributed by atoms with van der Waals surface area (Å²) in [6, 6.07) is 17.6. The molecule has 3 rings (SSSR count). The topological polar surface area (TPSA) is 52.7 Å². The van der Waals surface area contributed by atoms with Crippen molar-refractivity contribution in [1.82, 2.24) is 4.90 Å². The molecule has 2 aromatic carbocycles. The zero-order valence-corrected chi connectivity index (χ0v) is 16.0. The molecule has 0 atom stereocenters. The Kier molecular flexibility index (Phi) is 6.12. The number of amides is 2. The summed E-state index contributed by atoms with van der Waals surface area (Å²) >= 11 is 0. The van der Waals surface area contributed by atoms with Crippen molar-refractivity contribution in [3.05, 3.63) is 60.2 Å². The number of nitrogens with zero attached hydrogens (tertiary/aromatic N) is 2. The Morgan fingerprint density at radius 1 is 0.926 bits per heavy atom. The summed E-state index contributed by atoms with van der Waals surface area (Å²) in [4.78, 5) is 28.8. The Bertz CT molecular complexity index is 781. The lowest BCUT2D eigenvalue weighted by Gasteiger charge is -2.37. The summed E-state index contributed by atoms with van der Waals surface area (Å²) in [7, 11) is 0. The van der Waals surface area contributed by atoms with Crippen LogP contribution in [-0.2, 0) is 16.0 Å². The molecule has 5 nitrogen and oxygen atoms in total. The van der Waals surface area contributed by atoms with Crippen molar-refractivity contribution < 1.29 is 9.59 Å². The number of nitrogens with one attached hydrogen (secondary N) is 1. The van der Waals surface area contributed by atoms with Gasteiger partial charge in [0.05, 0.1) is 17.8 Å². The highest BCUT2D eigenvalue weighted by molar-refractivity contribution is 5.95. The number of rotatable bonds is 5. The fourth-order valence-electron chi connectivity index (χ4n) is 3.36. The standard InChI is InChI=1S/C22H27N3O2/c1-17(2)22(27)25-14-12-24(13-15-25)20-11-7-6-10-19(20)23-21(26)16-18-8-4-3-5-9-18/h3-11,17H,12-16H2,1-2H3,(H,23,26). The quantitative estimate of drug-likeness (QED) is 0.885.